The molecular formula is C50H91NO10. The highest BCUT2D eigenvalue weighted by atomic mass is 16.7. The van der Waals surface area contributed by atoms with Crippen molar-refractivity contribution >= 4 is 5.91 Å². The van der Waals surface area contributed by atoms with Gasteiger partial charge in [0.1, 0.15) is 36.6 Å². The lowest BCUT2D eigenvalue weighted by atomic mass is 9.98. The lowest BCUT2D eigenvalue weighted by molar-refractivity contribution is -0.303. The lowest BCUT2D eigenvalue weighted by Gasteiger charge is -2.40. The van der Waals surface area contributed by atoms with E-state index in [1.165, 1.54) is 103 Å². The van der Waals surface area contributed by atoms with Crippen molar-refractivity contribution in [2.24, 2.45) is 0 Å². The minimum atomic E-state index is -1.68. The van der Waals surface area contributed by atoms with E-state index in [0.717, 1.165) is 44.9 Å². The smallest absolute Gasteiger partial charge is 0.249 e. The van der Waals surface area contributed by atoms with E-state index in [4.69, 9.17) is 9.47 Å². The Morgan fingerprint density at radius 3 is 1.46 bits per heavy atom. The van der Waals surface area contributed by atoms with Crippen LogP contribution in [-0.2, 0) is 14.3 Å². The number of rotatable bonds is 40. The first-order valence-electron chi connectivity index (χ1n) is 24.5. The zero-order valence-corrected chi connectivity index (χ0v) is 38.4. The first-order valence-corrected chi connectivity index (χ1v) is 24.5. The van der Waals surface area contributed by atoms with Gasteiger partial charge in [-0.25, -0.2) is 0 Å². The first kappa shape index (κ1) is 57.1. The van der Waals surface area contributed by atoms with E-state index < -0.39 is 74.2 Å². The Labute approximate surface area is 370 Å². The second kappa shape index (κ2) is 39.6. The zero-order valence-electron chi connectivity index (χ0n) is 38.4. The Hall–Kier alpha value is -1.93. The topological polar surface area (TPSA) is 189 Å². The summed E-state index contributed by atoms with van der Waals surface area (Å²) in [5.74, 6) is -0.731. The van der Waals surface area contributed by atoms with E-state index in [-0.39, 0.29) is 12.8 Å². The van der Waals surface area contributed by atoms with Gasteiger partial charge in [-0.2, -0.15) is 0 Å². The summed E-state index contributed by atoms with van der Waals surface area (Å²) in [6.07, 6.45) is 36.0. The maximum atomic E-state index is 13.1. The van der Waals surface area contributed by atoms with E-state index in [2.05, 4.69) is 67.8 Å². The van der Waals surface area contributed by atoms with E-state index in [9.17, 15) is 40.5 Å². The minimum Gasteiger partial charge on any atom is -0.394 e. The number of carbonyl (C=O) groups excluding carboxylic acids is 1. The Morgan fingerprint density at radius 1 is 0.557 bits per heavy atom. The fraction of sp³-hybridized carbons (Fsp3) is 0.820. The van der Waals surface area contributed by atoms with Crippen molar-refractivity contribution in [1.82, 2.24) is 5.32 Å². The van der Waals surface area contributed by atoms with E-state index >= 15 is 0 Å². The molecule has 0 spiro atoms. The molecule has 1 aliphatic rings. The quantitative estimate of drug-likeness (QED) is 0.0219. The number of ether oxygens (including phenoxy) is 2. The molecule has 0 radical (unpaired) electrons. The Morgan fingerprint density at radius 2 is 0.984 bits per heavy atom. The number of hydrogen-bond acceptors (Lipinski definition) is 10. The molecule has 1 heterocycles. The van der Waals surface area contributed by atoms with Crippen molar-refractivity contribution in [1.29, 1.82) is 0 Å². The summed E-state index contributed by atoms with van der Waals surface area (Å²) < 4.78 is 11.1. The van der Waals surface area contributed by atoms with Crippen LogP contribution in [0.2, 0.25) is 0 Å². The van der Waals surface area contributed by atoms with Crippen molar-refractivity contribution in [3.63, 3.8) is 0 Å². The van der Waals surface area contributed by atoms with E-state index in [0.29, 0.717) is 19.3 Å². The molecule has 0 saturated carbocycles. The van der Waals surface area contributed by atoms with E-state index in [1.807, 2.05) is 0 Å². The molecule has 356 valence electrons. The molecule has 11 heteroatoms. The summed E-state index contributed by atoms with van der Waals surface area (Å²) in [6.45, 7) is 3.38. The molecule has 1 aliphatic heterocycles. The lowest BCUT2D eigenvalue weighted by Crippen LogP contribution is -2.60. The summed E-state index contributed by atoms with van der Waals surface area (Å²) in [5.41, 5.74) is 0. The highest BCUT2D eigenvalue weighted by Gasteiger charge is 2.44. The van der Waals surface area contributed by atoms with Crippen LogP contribution in [0.25, 0.3) is 0 Å². The molecule has 8 N–H and O–H groups in total. The summed E-state index contributed by atoms with van der Waals surface area (Å²) in [4.78, 5) is 13.1. The van der Waals surface area contributed by atoms with E-state index in [1.54, 1.807) is 0 Å². The summed E-state index contributed by atoms with van der Waals surface area (Å²) in [6, 6.07) is -1.20. The molecule has 0 aromatic rings. The second-order valence-electron chi connectivity index (χ2n) is 17.1. The predicted octanol–water partition coefficient (Wildman–Crippen LogP) is 8.56. The minimum absolute atomic E-state index is 0.217. The molecule has 0 aromatic carbocycles. The molecule has 61 heavy (non-hydrogen) atoms. The maximum absolute atomic E-state index is 13.1. The number of unbranched alkanes of at least 4 members (excludes halogenated alkanes) is 20. The van der Waals surface area contributed by atoms with Gasteiger partial charge in [0, 0.05) is 0 Å². The fourth-order valence-corrected chi connectivity index (χ4v) is 7.47. The first-order chi connectivity index (χ1) is 29.7. The van der Waals surface area contributed by atoms with Gasteiger partial charge in [-0.05, 0) is 89.9 Å². The van der Waals surface area contributed by atoms with Crippen molar-refractivity contribution < 1.29 is 50.0 Å². The van der Waals surface area contributed by atoms with Gasteiger partial charge in [-0.15, -0.1) is 0 Å². The SMILES string of the molecule is CCCCCCCC/C=C\CCCCC(O)C(=O)NC(COC1OC(CO)C(O)C(O)C1O)C(O)C(O)CCC/C=C/CC/C=C/CC/C=C/CCCCCCCCCCC. The summed E-state index contributed by atoms with van der Waals surface area (Å²) >= 11 is 0. The second-order valence-corrected chi connectivity index (χ2v) is 17.1. The van der Waals surface area contributed by atoms with Gasteiger partial charge in [0.05, 0.1) is 25.4 Å². The van der Waals surface area contributed by atoms with Crippen molar-refractivity contribution in [2.45, 2.75) is 249 Å². The fourth-order valence-electron chi connectivity index (χ4n) is 7.47. The van der Waals surface area contributed by atoms with Gasteiger partial charge in [-0.3, -0.25) is 4.79 Å². The average Bonchev–Trinajstić information content (AvgIpc) is 3.26. The Kier molecular flexibility index (Phi) is 37.1. The van der Waals surface area contributed by atoms with Crippen LogP contribution in [0.5, 0.6) is 0 Å². The van der Waals surface area contributed by atoms with Crippen molar-refractivity contribution in [3.8, 4) is 0 Å². The molecule has 1 saturated heterocycles. The number of nitrogens with one attached hydrogen (secondary N) is 1. The molecule has 1 amide bonds. The third kappa shape index (κ3) is 29.2. The van der Waals surface area contributed by atoms with Gasteiger partial charge in [0.2, 0.25) is 5.91 Å². The van der Waals surface area contributed by atoms with Gasteiger partial charge >= 0.3 is 0 Å². The summed E-state index contributed by atoms with van der Waals surface area (Å²) in [5, 5.41) is 75.6. The summed E-state index contributed by atoms with van der Waals surface area (Å²) in [7, 11) is 0. The van der Waals surface area contributed by atoms with Crippen LogP contribution in [0, 0.1) is 0 Å². The monoisotopic (exact) mass is 866 g/mol. The number of hydrogen-bond donors (Lipinski definition) is 8. The molecule has 0 aromatic heterocycles. The standard InChI is InChI=1S/C50H91NO10/c1-3-5-7-9-11-13-15-17-18-19-20-21-22-23-24-25-26-28-29-31-33-35-37-42(53)45(55)41(40-60-50-48(58)47(57)46(56)44(39-52)61-50)51-49(59)43(54)38-36-34-32-30-27-16-14-12-10-8-6-4-2/h20-21,24-25,27,29-31,41-48,50,52-58H,3-19,22-23,26,28,32-40H2,1-2H3,(H,51,59)/b21-20+,25-24+,30-27-,31-29+. The van der Waals surface area contributed by atoms with Crippen LogP contribution in [0.15, 0.2) is 48.6 Å². The zero-order chi connectivity index (χ0) is 44.8. The molecule has 9 atom stereocenters. The van der Waals surface area contributed by atoms with Crippen LogP contribution in [0.1, 0.15) is 194 Å². The third-order valence-corrected chi connectivity index (χ3v) is 11.6. The van der Waals surface area contributed by atoms with Crippen LogP contribution >= 0.6 is 0 Å². The van der Waals surface area contributed by atoms with Gasteiger partial charge in [0.15, 0.2) is 6.29 Å². The molecule has 9 unspecified atom stereocenters. The van der Waals surface area contributed by atoms with Crippen molar-refractivity contribution in [2.75, 3.05) is 13.2 Å². The Bertz CT molecular complexity index is 1130. The highest BCUT2D eigenvalue weighted by Crippen LogP contribution is 2.23. The van der Waals surface area contributed by atoms with Crippen LogP contribution in [0.4, 0.5) is 0 Å². The average molecular weight is 866 g/mol. The van der Waals surface area contributed by atoms with Gasteiger partial charge in [0.25, 0.3) is 0 Å². The van der Waals surface area contributed by atoms with Crippen LogP contribution < -0.4 is 5.32 Å². The normalized spacial score (nSPS) is 21.9. The molecule has 1 fully saturated rings. The number of aliphatic hydroxyl groups is 7. The van der Waals surface area contributed by atoms with Gasteiger partial charge in [-0.1, -0.05) is 152 Å². The predicted molar refractivity (Wildman–Crippen MR) is 247 cm³/mol. The molecule has 11 nitrogen and oxygen atoms in total. The van der Waals surface area contributed by atoms with Crippen LogP contribution in [0.3, 0.4) is 0 Å². The Balaban J connectivity index is 2.46. The number of amides is 1. The number of aliphatic hydroxyl groups excluding tert-OH is 7. The molecule has 1 rings (SSSR count). The van der Waals surface area contributed by atoms with Crippen molar-refractivity contribution in [3.05, 3.63) is 48.6 Å². The third-order valence-electron chi connectivity index (χ3n) is 11.6. The largest absolute Gasteiger partial charge is 0.394 e. The number of carbonyl (C=O) groups is 1. The van der Waals surface area contributed by atoms with Crippen LogP contribution in [-0.4, -0.2) is 110 Å². The highest BCUT2D eigenvalue weighted by molar-refractivity contribution is 5.80. The van der Waals surface area contributed by atoms with Gasteiger partial charge < -0.3 is 50.5 Å². The molecule has 0 aliphatic carbocycles. The maximum Gasteiger partial charge on any atom is 0.249 e. The molecular weight excluding hydrogens is 775 g/mol. The molecule has 0 bridgehead atoms. The number of allylic oxidation sites excluding steroid dienone is 8.